The maximum Gasteiger partial charge on any atom is 0.272 e. The molecule has 8 heteroatoms. The SMILES string of the molecule is CC1=C(C#N)C(c2ccc3[nH]nc(C(=O)NCCC4CCCN4C)c3c2)C(C#N)=C(C)N1. The number of carbonyl (C=O) groups is 1. The first-order valence-corrected chi connectivity index (χ1v) is 10.9. The lowest BCUT2D eigenvalue weighted by atomic mass is 9.81. The number of allylic oxidation sites excluding steroid dienone is 4. The van der Waals surface area contributed by atoms with Crippen molar-refractivity contribution in [2.45, 2.75) is 45.1 Å². The number of aromatic nitrogens is 2. The van der Waals surface area contributed by atoms with Crippen molar-refractivity contribution in [1.82, 2.24) is 25.7 Å². The Bertz CT molecular complexity index is 1170. The molecule has 2 aliphatic rings. The number of hydrogen-bond acceptors (Lipinski definition) is 6. The van der Waals surface area contributed by atoms with Gasteiger partial charge in [-0.3, -0.25) is 9.89 Å². The average molecular weight is 430 g/mol. The summed E-state index contributed by atoms with van der Waals surface area (Å²) >= 11 is 0. The summed E-state index contributed by atoms with van der Waals surface area (Å²) in [4.78, 5) is 15.2. The van der Waals surface area contributed by atoms with Gasteiger partial charge in [0, 0.05) is 29.4 Å². The molecule has 0 saturated carbocycles. The van der Waals surface area contributed by atoms with Crippen molar-refractivity contribution in [2.24, 2.45) is 0 Å². The summed E-state index contributed by atoms with van der Waals surface area (Å²) in [6.45, 7) is 5.37. The van der Waals surface area contributed by atoms with Crippen LogP contribution in [-0.2, 0) is 0 Å². The number of aromatic amines is 1. The van der Waals surface area contributed by atoms with Gasteiger partial charge in [-0.25, -0.2) is 0 Å². The molecule has 1 aromatic heterocycles. The van der Waals surface area contributed by atoms with Crippen LogP contribution in [0.1, 0.15) is 55.1 Å². The molecule has 164 valence electrons. The minimum absolute atomic E-state index is 0.223. The molecule has 4 rings (SSSR count). The predicted octanol–water partition coefficient (Wildman–Crippen LogP) is 3.06. The Morgan fingerprint density at radius 3 is 2.59 bits per heavy atom. The number of carbonyl (C=O) groups excluding carboxylic acids is 1. The summed E-state index contributed by atoms with van der Waals surface area (Å²) in [6.07, 6.45) is 3.28. The first-order valence-electron chi connectivity index (χ1n) is 10.9. The van der Waals surface area contributed by atoms with Gasteiger partial charge in [0.05, 0.1) is 34.7 Å². The Labute approximate surface area is 187 Å². The highest BCUT2D eigenvalue weighted by atomic mass is 16.1. The van der Waals surface area contributed by atoms with E-state index in [1.54, 1.807) is 0 Å². The quantitative estimate of drug-likeness (QED) is 0.672. The molecular formula is C24H27N7O. The Kier molecular flexibility index (Phi) is 5.98. The van der Waals surface area contributed by atoms with Gasteiger partial charge in [-0.1, -0.05) is 6.07 Å². The smallest absolute Gasteiger partial charge is 0.272 e. The molecule has 8 nitrogen and oxygen atoms in total. The summed E-state index contributed by atoms with van der Waals surface area (Å²) < 4.78 is 0. The van der Waals surface area contributed by atoms with Crippen LogP contribution in [0, 0.1) is 22.7 Å². The molecular weight excluding hydrogens is 402 g/mol. The molecule has 0 aliphatic carbocycles. The van der Waals surface area contributed by atoms with Crippen LogP contribution < -0.4 is 10.6 Å². The zero-order valence-corrected chi connectivity index (χ0v) is 18.6. The summed E-state index contributed by atoms with van der Waals surface area (Å²) in [5, 5.41) is 33.5. The first-order chi connectivity index (χ1) is 15.4. The van der Waals surface area contributed by atoms with E-state index in [0.29, 0.717) is 34.8 Å². The van der Waals surface area contributed by atoms with E-state index in [1.165, 1.54) is 12.8 Å². The van der Waals surface area contributed by atoms with Crippen LogP contribution in [0.15, 0.2) is 40.7 Å². The van der Waals surface area contributed by atoms with Crippen LogP contribution >= 0.6 is 0 Å². The van der Waals surface area contributed by atoms with E-state index < -0.39 is 5.92 Å². The van der Waals surface area contributed by atoms with E-state index >= 15 is 0 Å². The lowest BCUT2D eigenvalue weighted by Crippen LogP contribution is -2.32. The average Bonchev–Trinajstić information content (AvgIpc) is 3.38. The molecule has 32 heavy (non-hydrogen) atoms. The third kappa shape index (κ3) is 3.86. The van der Waals surface area contributed by atoms with Gasteiger partial charge in [0.2, 0.25) is 0 Å². The lowest BCUT2D eigenvalue weighted by molar-refractivity contribution is 0.0947. The highest BCUT2D eigenvalue weighted by Gasteiger charge is 2.30. The highest BCUT2D eigenvalue weighted by Crippen LogP contribution is 2.38. The van der Waals surface area contributed by atoms with Gasteiger partial charge in [-0.05, 0) is 64.4 Å². The van der Waals surface area contributed by atoms with Crippen LogP contribution in [-0.4, -0.2) is 47.2 Å². The maximum absolute atomic E-state index is 12.9. The molecule has 1 saturated heterocycles. The third-order valence-electron chi connectivity index (χ3n) is 6.57. The summed E-state index contributed by atoms with van der Waals surface area (Å²) in [6, 6.07) is 10.6. The van der Waals surface area contributed by atoms with E-state index in [2.05, 4.69) is 44.9 Å². The molecule has 0 radical (unpaired) electrons. The molecule has 2 aliphatic heterocycles. The Hall–Kier alpha value is -3.62. The summed E-state index contributed by atoms with van der Waals surface area (Å²) in [5.74, 6) is -0.696. The molecule has 2 aromatic rings. The van der Waals surface area contributed by atoms with E-state index in [1.807, 2.05) is 32.0 Å². The molecule has 3 heterocycles. The molecule has 1 unspecified atom stereocenters. The second-order valence-electron chi connectivity index (χ2n) is 8.56. The molecule has 3 N–H and O–H groups in total. The van der Waals surface area contributed by atoms with E-state index in [4.69, 9.17) is 0 Å². The van der Waals surface area contributed by atoms with Gasteiger partial charge < -0.3 is 15.5 Å². The molecule has 1 atom stereocenters. The fraction of sp³-hybridized carbons (Fsp3) is 0.417. The molecule has 1 amide bonds. The van der Waals surface area contributed by atoms with Crippen LogP contribution in [0.5, 0.6) is 0 Å². The van der Waals surface area contributed by atoms with Gasteiger partial charge in [-0.2, -0.15) is 15.6 Å². The number of rotatable bonds is 5. The highest BCUT2D eigenvalue weighted by molar-refractivity contribution is 6.04. The Morgan fingerprint density at radius 2 is 1.97 bits per heavy atom. The second kappa shape index (κ2) is 8.86. The maximum atomic E-state index is 12.9. The van der Waals surface area contributed by atoms with Crippen molar-refractivity contribution in [3.63, 3.8) is 0 Å². The fourth-order valence-corrected chi connectivity index (χ4v) is 4.79. The number of benzene rings is 1. The first kappa shape index (κ1) is 21.6. The van der Waals surface area contributed by atoms with Crippen LogP contribution in [0.4, 0.5) is 0 Å². The number of nitrogens with zero attached hydrogens (tertiary/aromatic N) is 4. The van der Waals surface area contributed by atoms with Crippen LogP contribution in [0.2, 0.25) is 0 Å². The van der Waals surface area contributed by atoms with E-state index in [9.17, 15) is 15.3 Å². The van der Waals surface area contributed by atoms with Gasteiger partial charge in [-0.15, -0.1) is 0 Å². The van der Waals surface area contributed by atoms with Crippen molar-refractivity contribution < 1.29 is 4.79 Å². The standard InChI is InChI=1S/C24H27N7O/c1-14-19(12-25)22(20(13-26)15(2)28-14)16-6-7-21-18(11-16)23(30-29-21)24(32)27-9-8-17-5-4-10-31(17)3/h6-7,11,17,22,28H,4-5,8-10H2,1-3H3,(H,27,32)(H,29,30). The van der Waals surface area contributed by atoms with Crippen molar-refractivity contribution >= 4 is 16.8 Å². The van der Waals surface area contributed by atoms with Gasteiger partial charge in [0.15, 0.2) is 5.69 Å². The van der Waals surface area contributed by atoms with Gasteiger partial charge in [0.1, 0.15) is 0 Å². The predicted molar refractivity (Wildman–Crippen MR) is 121 cm³/mol. The summed E-state index contributed by atoms with van der Waals surface area (Å²) in [7, 11) is 2.13. The Morgan fingerprint density at radius 1 is 1.25 bits per heavy atom. The number of amides is 1. The molecule has 0 spiro atoms. The number of hydrogen-bond donors (Lipinski definition) is 3. The lowest BCUT2D eigenvalue weighted by Gasteiger charge is -2.26. The largest absolute Gasteiger partial charge is 0.361 e. The van der Waals surface area contributed by atoms with Crippen molar-refractivity contribution in [3.8, 4) is 12.1 Å². The normalized spacial score (nSPS) is 19.7. The molecule has 0 bridgehead atoms. The van der Waals surface area contributed by atoms with E-state index in [0.717, 1.165) is 35.4 Å². The van der Waals surface area contributed by atoms with Crippen LogP contribution in [0.3, 0.4) is 0 Å². The second-order valence-corrected chi connectivity index (χ2v) is 8.56. The van der Waals surface area contributed by atoms with E-state index in [-0.39, 0.29) is 5.91 Å². The van der Waals surface area contributed by atoms with Crippen molar-refractivity contribution in [3.05, 3.63) is 52.0 Å². The number of nitriles is 2. The third-order valence-corrected chi connectivity index (χ3v) is 6.57. The zero-order valence-electron chi connectivity index (χ0n) is 18.6. The van der Waals surface area contributed by atoms with Gasteiger partial charge in [0.25, 0.3) is 5.91 Å². The van der Waals surface area contributed by atoms with Crippen molar-refractivity contribution in [1.29, 1.82) is 10.5 Å². The number of dihydropyridines is 1. The topological polar surface area (TPSA) is 121 Å². The number of nitrogens with one attached hydrogen (secondary N) is 3. The molecule has 1 aromatic carbocycles. The minimum Gasteiger partial charge on any atom is -0.361 e. The minimum atomic E-state index is -0.473. The van der Waals surface area contributed by atoms with Gasteiger partial charge >= 0.3 is 0 Å². The monoisotopic (exact) mass is 429 g/mol. The molecule has 1 fully saturated rings. The zero-order chi connectivity index (χ0) is 22.8. The number of fused-ring (bicyclic) bond motifs is 1. The van der Waals surface area contributed by atoms with Crippen molar-refractivity contribution in [2.75, 3.05) is 20.1 Å². The fourth-order valence-electron chi connectivity index (χ4n) is 4.79. The summed E-state index contributed by atoms with van der Waals surface area (Å²) in [5.41, 5.74) is 4.32. The number of likely N-dealkylation sites (tertiary alicyclic amines) is 1. The van der Waals surface area contributed by atoms with Crippen LogP contribution in [0.25, 0.3) is 10.9 Å². The number of H-pyrrole nitrogens is 1. The Balaban J connectivity index is 1.61.